The van der Waals surface area contributed by atoms with Gasteiger partial charge in [-0.15, -0.1) is 29.3 Å². The van der Waals surface area contributed by atoms with Gasteiger partial charge in [0.1, 0.15) is 11.5 Å². The van der Waals surface area contributed by atoms with Crippen molar-refractivity contribution in [3.63, 3.8) is 0 Å². The van der Waals surface area contributed by atoms with E-state index in [2.05, 4.69) is 159 Å². The summed E-state index contributed by atoms with van der Waals surface area (Å²) in [5.74, 6) is 2.35. The summed E-state index contributed by atoms with van der Waals surface area (Å²) < 4.78 is 2.24. The fraction of sp³-hybridized carbons (Fsp3) is 0.426. The third-order valence-corrected chi connectivity index (χ3v) is 10.5. The SMILES string of the molecule is CC(C)c1nc(-c2[c-]cc(C(C)C)c3ccccc23)c2c3ccc4ccccc4c3n(C)c2n1.CCC(CC)C(=O)/C=C(\[N-]C(C)C)C(CC)CC.[Ir]. The van der Waals surface area contributed by atoms with Crippen molar-refractivity contribution in [2.24, 2.45) is 18.9 Å². The Kier molecular flexibility index (Phi) is 14.6. The number of ketones is 1. The zero-order valence-electron chi connectivity index (χ0n) is 33.7. The Morgan fingerprint density at radius 3 is 1.94 bits per heavy atom. The maximum absolute atomic E-state index is 12.2. The minimum absolute atomic E-state index is 0. The van der Waals surface area contributed by atoms with Crippen molar-refractivity contribution >= 4 is 49.3 Å². The largest absolute Gasteiger partial charge is 0.685 e. The van der Waals surface area contributed by atoms with Gasteiger partial charge in [0.2, 0.25) is 0 Å². The van der Waals surface area contributed by atoms with Crippen molar-refractivity contribution in [2.45, 2.75) is 113 Å². The van der Waals surface area contributed by atoms with Crippen molar-refractivity contribution in [1.82, 2.24) is 14.5 Å². The average molecular weight is 887 g/mol. The molecule has 2 aromatic heterocycles. The third kappa shape index (κ3) is 8.76. The van der Waals surface area contributed by atoms with Crippen LogP contribution < -0.4 is 0 Å². The van der Waals surface area contributed by atoms with E-state index in [4.69, 9.17) is 9.97 Å². The van der Waals surface area contributed by atoms with Crippen molar-refractivity contribution in [3.8, 4) is 11.3 Å². The first-order valence-corrected chi connectivity index (χ1v) is 19.5. The fourth-order valence-corrected chi connectivity index (χ4v) is 7.47. The number of nitrogens with zero attached hydrogens (tertiary/aromatic N) is 4. The van der Waals surface area contributed by atoms with Crippen LogP contribution in [0.1, 0.15) is 118 Å². The van der Waals surface area contributed by atoms with Gasteiger partial charge in [-0.2, -0.15) is 5.70 Å². The molecular formula is C47H58IrN4O-2. The second kappa shape index (κ2) is 18.5. The summed E-state index contributed by atoms with van der Waals surface area (Å²) in [4.78, 5) is 22.4. The van der Waals surface area contributed by atoms with Crippen LogP contribution in [0.2, 0.25) is 0 Å². The maximum Gasteiger partial charge on any atom is 0.157 e. The van der Waals surface area contributed by atoms with E-state index in [1.54, 1.807) is 0 Å². The number of rotatable bonds is 12. The van der Waals surface area contributed by atoms with E-state index in [0.717, 1.165) is 59.5 Å². The van der Waals surface area contributed by atoms with E-state index >= 15 is 0 Å². The molecule has 53 heavy (non-hydrogen) atoms. The zero-order valence-corrected chi connectivity index (χ0v) is 36.1. The summed E-state index contributed by atoms with van der Waals surface area (Å²) >= 11 is 0. The molecular weight excluding hydrogens is 829 g/mol. The minimum Gasteiger partial charge on any atom is -0.685 e. The molecule has 0 bridgehead atoms. The van der Waals surface area contributed by atoms with Crippen LogP contribution in [-0.2, 0) is 31.9 Å². The Hall–Kier alpha value is -3.86. The van der Waals surface area contributed by atoms with Crippen LogP contribution >= 0.6 is 0 Å². The Morgan fingerprint density at radius 2 is 1.36 bits per heavy atom. The van der Waals surface area contributed by atoms with E-state index in [9.17, 15) is 4.79 Å². The molecule has 4 aromatic carbocycles. The summed E-state index contributed by atoms with van der Waals surface area (Å²) in [6.45, 7) is 21.4. The molecule has 0 N–H and O–H groups in total. The van der Waals surface area contributed by atoms with Gasteiger partial charge in [-0.3, -0.25) is 9.78 Å². The molecule has 0 aliphatic rings. The van der Waals surface area contributed by atoms with Crippen LogP contribution in [0.25, 0.3) is 60.1 Å². The van der Waals surface area contributed by atoms with Crippen LogP contribution in [0.4, 0.5) is 0 Å². The van der Waals surface area contributed by atoms with Gasteiger partial charge in [-0.1, -0.05) is 159 Å². The molecule has 0 saturated heterocycles. The van der Waals surface area contributed by atoms with E-state index in [-0.39, 0.29) is 43.8 Å². The van der Waals surface area contributed by atoms with Crippen LogP contribution in [-0.4, -0.2) is 26.4 Å². The van der Waals surface area contributed by atoms with Crippen molar-refractivity contribution in [3.05, 3.63) is 101 Å². The van der Waals surface area contributed by atoms with Crippen molar-refractivity contribution in [1.29, 1.82) is 0 Å². The quantitative estimate of drug-likeness (QED) is 0.0908. The molecule has 0 aliphatic heterocycles. The standard InChI is InChI=1S/C31H28N3.C16H31NO.Ir/c1-18(2)21-16-17-25(24-13-9-8-12-23(21)24)28-27-26-15-14-20-10-6-7-11-22(20)29(26)34(5)31(27)33-30(32-28)19(3)4;1-7-13(8-2)15(17-12(5)6)11-16(18)14(9-3)10-4;/h6-16,18-19H,1-5H3;11-14H,7-10H2,1-6H3,(H,17,18);/q-1;;/p-1. The average Bonchev–Trinajstić information content (AvgIpc) is 3.43. The first kappa shape index (κ1) is 41.9. The Morgan fingerprint density at radius 1 is 0.755 bits per heavy atom. The molecule has 6 aromatic rings. The summed E-state index contributed by atoms with van der Waals surface area (Å²) in [6.07, 6.45) is 5.76. The molecule has 6 heteroatoms. The smallest absolute Gasteiger partial charge is 0.157 e. The third-order valence-electron chi connectivity index (χ3n) is 10.5. The van der Waals surface area contributed by atoms with Gasteiger partial charge < -0.3 is 9.88 Å². The van der Waals surface area contributed by atoms with Crippen LogP contribution in [0.5, 0.6) is 0 Å². The van der Waals surface area contributed by atoms with E-state index < -0.39 is 0 Å². The number of hydrogen-bond acceptors (Lipinski definition) is 3. The van der Waals surface area contributed by atoms with Crippen molar-refractivity contribution in [2.75, 3.05) is 0 Å². The summed E-state index contributed by atoms with van der Waals surface area (Å²) in [5.41, 5.74) is 6.53. The van der Waals surface area contributed by atoms with Gasteiger partial charge in [-0.05, 0) is 30.2 Å². The molecule has 5 nitrogen and oxygen atoms in total. The number of carbonyl (C=O) groups excluding carboxylic acids is 1. The van der Waals surface area contributed by atoms with Gasteiger partial charge in [0.15, 0.2) is 5.78 Å². The molecule has 1 radical (unpaired) electrons. The second-order valence-corrected chi connectivity index (χ2v) is 15.1. The van der Waals surface area contributed by atoms with Gasteiger partial charge in [0, 0.05) is 60.8 Å². The Labute approximate surface area is 331 Å². The Bertz CT molecular complexity index is 2200. The topological polar surface area (TPSA) is 61.9 Å². The fourth-order valence-electron chi connectivity index (χ4n) is 7.47. The maximum atomic E-state index is 12.2. The molecule has 283 valence electrons. The molecule has 0 saturated carbocycles. The number of allylic oxidation sites excluding steroid dienone is 2. The first-order valence-electron chi connectivity index (χ1n) is 19.5. The number of benzene rings is 4. The summed E-state index contributed by atoms with van der Waals surface area (Å²) in [6, 6.07) is 27.7. The van der Waals surface area contributed by atoms with E-state index in [1.165, 1.54) is 38.0 Å². The molecule has 0 spiro atoms. The van der Waals surface area contributed by atoms with Crippen LogP contribution in [0.3, 0.4) is 0 Å². The van der Waals surface area contributed by atoms with Crippen molar-refractivity contribution < 1.29 is 24.9 Å². The first-order chi connectivity index (χ1) is 24.9. The predicted molar refractivity (Wildman–Crippen MR) is 223 cm³/mol. The van der Waals surface area contributed by atoms with Gasteiger partial charge >= 0.3 is 0 Å². The molecule has 0 aliphatic carbocycles. The minimum atomic E-state index is 0. The molecule has 0 fully saturated rings. The Balaban J connectivity index is 0.000000284. The number of fused-ring (bicyclic) bond motifs is 6. The van der Waals surface area contributed by atoms with Gasteiger partial charge in [0.05, 0.1) is 5.52 Å². The number of aromatic nitrogens is 3. The number of carbonyl (C=O) groups is 1. The molecule has 0 atom stereocenters. The normalized spacial score (nSPS) is 12.1. The van der Waals surface area contributed by atoms with Crippen LogP contribution in [0.15, 0.2) is 78.5 Å². The monoisotopic (exact) mass is 887 g/mol. The number of hydrogen-bond donors (Lipinski definition) is 0. The summed E-state index contributed by atoms with van der Waals surface area (Å²) in [7, 11) is 2.13. The second-order valence-electron chi connectivity index (χ2n) is 15.1. The molecule has 6 rings (SSSR count). The van der Waals surface area contributed by atoms with Crippen LogP contribution in [0, 0.1) is 17.9 Å². The van der Waals surface area contributed by atoms with Gasteiger partial charge in [0.25, 0.3) is 0 Å². The van der Waals surface area contributed by atoms with E-state index in [1.807, 2.05) is 6.08 Å². The number of aryl methyl sites for hydroxylation is 1. The molecule has 0 unspecified atom stereocenters. The predicted octanol–water partition coefficient (Wildman–Crippen LogP) is 13.2. The molecule has 0 amide bonds. The van der Waals surface area contributed by atoms with E-state index in [0.29, 0.717) is 11.8 Å². The van der Waals surface area contributed by atoms with Gasteiger partial charge in [-0.25, -0.2) is 4.98 Å². The molecule has 2 heterocycles. The zero-order chi connectivity index (χ0) is 37.7. The summed E-state index contributed by atoms with van der Waals surface area (Å²) in [5, 5.41) is 11.9.